The number of fused-ring (bicyclic) bond motifs is 2. The summed E-state index contributed by atoms with van der Waals surface area (Å²) in [4.78, 5) is 8.74. The van der Waals surface area contributed by atoms with Crippen LogP contribution in [0.25, 0.3) is 22.6 Å². The molecule has 0 aliphatic heterocycles. The Morgan fingerprint density at radius 1 is 0.963 bits per heavy atom. The van der Waals surface area contributed by atoms with E-state index in [2.05, 4.69) is 27.3 Å². The average molecular weight is 359 g/mol. The van der Waals surface area contributed by atoms with E-state index in [-0.39, 0.29) is 6.61 Å². The van der Waals surface area contributed by atoms with Gasteiger partial charge in [-0.1, -0.05) is 6.07 Å². The van der Waals surface area contributed by atoms with E-state index in [4.69, 9.17) is 10.2 Å². The van der Waals surface area contributed by atoms with Gasteiger partial charge in [-0.15, -0.1) is 0 Å². The first-order chi connectivity index (χ1) is 13.3. The molecule has 5 rings (SSSR count). The van der Waals surface area contributed by atoms with E-state index in [0.717, 1.165) is 40.2 Å². The molecule has 0 radical (unpaired) electrons. The smallest absolute Gasteiger partial charge is 0.153 e. The predicted molar refractivity (Wildman–Crippen MR) is 99.3 cm³/mol. The van der Waals surface area contributed by atoms with Crippen LogP contribution in [0.5, 0.6) is 0 Å². The minimum atomic E-state index is 0.0561. The van der Waals surface area contributed by atoms with Gasteiger partial charge < -0.3 is 9.51 Å². The Bertz CT molecular complexity index is 1230. The van der Waals surface area contributed by atoms with Crippen molar-refractivity contribution in [2.45, 2.75) is 13.0 Å². The zero-order valence-electron chi connectivity index (χ0n) is 14.5. The van der Waals surface area contributed by atoms with Crippen LogP contribution in [0.2, 0.25) is 0 Å². The van der Waals surface area contributed by atoms with Gasteiger partial charge in [0.1, 0.15) is 5.65 Å². The van der Waals surface area contributed by atoms with Gasteiger partial charge in [-0.05, 0) is 23.8 Å². The quantitative estimate of drug-likeness (QED) is 0.517. The van der Waals surface area contributed by atoms with Gasteiger partial charge in [0, 0.05) is 36.8 Å². The topological polar surface area (TPSA) is 85.5 Å². The normalized spacial score (nSPS) is 11.6. The van der Waals surface area contributed by atoms with Crippen LogP contribution in [-0.2, 0) is 13.0 Å². The Kier molecular flexibility index (Phi) is 3.68. The van der Waals surface area contributed by atoms with Crippen LogP contribution in [-0.4, -0.2) is 45.5 Å². The van der Waals surface area contributed by atoms with Gasteiger partial charge in [-0.3, -0.25) is 4.68 Å². The monoisotopic (exact) mass is 359 g/mol. The van der Waals surface area contributed by atoms with Gasteiger partial charge in [0.15, 0.2) is 5.65 Å². The summed E-state index contributed by atoms with van der Waals surface area (Å²) in [6, 6.07) is 7.97. The van der Waals surface area contributed by atoms with E-state index in [1.807, 2.05) is 45.7 Å². The molecule has 0 amide bonds. The molecular formula is C19H17N7O. The summed E-state index contributed by atoms with van der Waals surface area (Å²) in [7, 11) is 0. The third-order valence-corrected chi connectivity index (χ3v) is 4.53. The van der Waals surface area contributed by atoms with Crippen molar-refractivity contribution in [3.8, 4) is 11.3 Å². The van der Waals surface area contributed by atoms with E-state index in [1.54, 1.807) is 17.1 Å². The number of pyridine rings is 1. The molecule has 0 saturated carbocycles. The second-order valence-corrected chi connectivity index (χ2v) is 6.36. The summed E-state index contributed by atoms with van der Waals surface area (Å²) in [6.07, 6.45) is 12.0. The largest absolute Gasteiger partial charge is 0.394 e. The summed E-state index contributed by atoms with van der Waals surface area (Å²) >= 11 is 0. The first kappa shape index (κ1) is 15.7. The molecule has 8 nitrogen and oxygen atoms in total. The number of imidazole rings is 2. The fourth-order valence-electron chi connectivity index (χ4n) is 3.20. The summed E-state index contributed by atoms with van der Waals surface area (Å²) in [5, 5.41) is 18.0. The second kappa shape index (κ2) is 6.33. The van der Waals surface area contributed by atoms with Gasteiger partial charge in [-0.25, -0.2) is 14.5 Å². The van der Waals surface area contributed by atoms with Crippen molar-refractivity contribution < 1.29 is 5.11 Å². The molecule has 8 heteroatoms. The highest BCUT2D eigenvalue weighted by molar-refractivity contribution is 5.58. The molecule has 5 heterocycles. The Morgan fingerprint density at radius 3 is 2.81 bits per heavy atom. The lowest BCUT2D eigenvalue weighted by Gasteiger charge is -2.04. The van der Waals surface area contributed by atoms with Gasteiger partial charge in [0.05, 0.1) is 36.9 Å². The Morgan fingerprint density at radius 2 is 1.89 bits per heavy atom. The molecule has 0 fully saturated rings. The fraction of sp³-hybridized carbons (Fsp3) is 0.158. The lowest BCUT2D eigenvalue weighted by atomic mass is 10.2. The molecule has 0 spiro atoms. The number of aliphatic hydroxyl groups is 1. The van der Waals surface area contributed by atoms with Crippen molar-refractivity contribution in [2.75, 3.05) is 6.61 Å². The lowest BCUT2D eigenvalue weighted by Crippen LogP contribution is -2.02. The maximum atomic E-state index is 9.05. The summed E-state index contributed by atoms with van der Waals surface area (Å²) in [6.45, 7) is 0.524. The highest BCUT2D eigenvalue weighted by Crippen LogP contribution is 2.18. The Hall–Kier alpha value is -3.52. The number of nitrogens with zero attached hydrogens (tertiary/aromatic N) is 7. The summed E-state index contributed by atoms with van der Waals surface area (Å²) in [5.74, 6) is 0. The second-order valence-electron chi connectivity index (χ2n) is 6.36. The number of hydrogen-bond acceptors (Lipinski definition) is 5. The van der Waals surface area contributed by atoms with Crippen LogP contribution >= 0.6 is 0 Å². The first-order valence-corrected chi connectivity index (χ1v) is 8.69. The number of rotatable bonds is 5. The van der Waals surface area contributed by atoms with Crippen molar-refractivity contribution in [3.05, 3.63) is 72.7 Å². The van der Waals surface area contributed by atoms with Crippen LogP contribution in [0.15, 0.2) is 61.4 Å². The van der Waals surface area contributed by atoms with Crippen LogP contribution in [0, 0.1) is 0 Å². The van der Waals surface area contributed by atoms with Crippen LogP contribution in [0.1, 0.15) is 11.3 Å². The fourth-order valence-corrected chi connectivity index (χ4v) is 3.20. The van der Waals surface area contributed by atoms with E-state index in [1.165, 1.54) is 0 Å². The van der Waals surface area contributed by atoms with E-state index in [0.29, 0.717) is 6.54 Å². The lowest BCUT2D eigenvalue weighted by molar-refractivity contribution is 0.269. The third-order valence-electron chi connectivity index (χ3n) is 4.53. The summed E-state index contributed by atoms with van der Waals surface area (Å²) in [5.41, 5.74) is 5.62. The number of aliphatic hydroxyl groups excluding tert-OH is 1. The summed E-state index contributed by atoms with van der Waals surface area (Å²) < 4.78 is 5.58. The molecule has 5 aromatic heterocycles. The Balaban J connectivity index is 1.50. The van der Waals surface area contributed by atoms with Crippen molar-refractivity contribution in [3.63, 3.8) is 0 Å². The van der Waals surface area contributed by atoms with Crippen molar-refractivity contribution >= 4 is 11.3 Å². The molecule has 0 bridgehead atoms. The SMILES string of the molecule is OCCn1cc(-c2ccc3ncc(Cc4ccc5nccn5c4)n3n2)cn1. The minimum absolute atomic E-state index is 0.0561. The molecule has 0 aliphatic carbocycles. The number of aromatic nitrogens is 7. The zero-order valence-corrected chi connectivity index (χ0v) is 14.5. The van der Waals surface area contributed by atoms with Crippen molar-refractivity contribution in [1.82, 2.24) is 33.8 Å². The maximum absolute atomic E-state index is 9.05. The molecule has 134 valence electrons. The van der Waals surface area contributed by atoms with Crippen LogP contribution < -0.4 is 0 Å². The van der Waals surface area contributed by atoms with Gasteiger partial charge in [-0.2, -0.15) is 10.2 Å². The zero-order chi connectivity index (χ0) is 18.2. The average Bonchev–Trinajstić information content (AvgIpc) is 3.41. The standard InChI is InChI=1S/C19H17N7O/c27-8-7-25-13-15(10-22-25)17-2-4-19-21-11-16(26(19)23-17)9-14-1-3-18-20-5-6-24(18)12-14/h1-6,10-13,27H,7-9H2. The van der Waals surface area contributed by atoms with Crippen LogP contribution in [0.3, 0.4) is 0 Å². The van der Waals surface area contributed by atoms with Crippen molar-refractivity contribution in [2.24, 2.45) is 0 Å². The van der Waals surface area contributed by atoms with E-state index < -0.39 is 0 Å². The molecule has 0 unspecified atom stereocenters. The Labute approximate surface area is 154 Å². The third kappa shape index (κ3) is 2.85. The van der Waals surface area contributed by atoms with E-state index in [9.17, 15) is 0 Å². The maximum Gasteiger partial charge on any atom is 0.153 e. The van der Waals surface area contributed by atoms with Gasteiger partial charge >= 0.3 is 0 Å². The minimum Gasteiger partial charge on any atom is -0.394 e. The van der Waals surface area contributed by atoms with Crippen LogP contribution in [0.4, 0.5) is 0 Å². The molecule has 0 aliphatic rings. The molecule has 1 N–H and O–H groups in total. The van der Waals surface area contributed by atoms with Crippen molar-refractivity contribution in [1.29, 1.82) is 0 Å². The molecule has 5 aromatic rings. The predicted octanol–water partition coefficient (Wildman–Crippen LogP) is 1.82. The van der Waals surface area contributed by atoms with Gasteiger partial charge in [0.25, 0.3) is 0 Å². The molecule has 0 saturated heterocycles. The molecular weight excluding hydrogens is 342 g/mol. The molecule has 27 heavy (non-hydrogen) atoms. The highest BCUT2D eigenvalue weighted by atomic mass is 16.3. The first-order valence-electron chi connectivity index (χ1n) is 8.69. The number of hydrogen-bond donors (Lipinski definition) is 1. The molecule has 0 atom stereocenters. The van der Waals surface area contributed by atoms with Gasteiger partial charge in [0.2, 0.25) is 0 Å². The molecule has 0 aromatic carbocycles. The highest BCUT2D eigenvalue weighted by Gasteiger charge is 2.10. The van der Waals surface area contributed by atoms with E-state index >= 15 is 0 Å².